The fourth-order valence-electron chi connectivity index (χ4n) is 0.710. The Labute approximate surface area is 82.9 Å². The van der Waals surface area contributed by atoms with Gasteiger partial charge in [0.05, 0.1) is 0 Å². The molecule has 2 N–H and O–H groups in total. The molecule has 0 saturated carbocycles. The van der Waals surface area contributed by atoms with E-state index in [-0.39, 0.29) is 0 Å². The highest BCUT2D eigenvalue weighted by atomic mass is 32.3. The highest BCUT2D eigenvalue weighted by Crippen LogP contribution is 2.00. The van der Waals surface area contributed by atoms with Gasteiger partial charge in [-0.3, -0.25) is 9.35 Å². The summed E-state index contributed by atoms with van der Waals surface area (Å²) in [5.74, 6) is -0.490. The Morgan fingerprint density at radius 1 is 1.57 bits per heavy atom. The number of carbonyl (C=O) groups is 1. The van der Waals surface area contributed by atoms with Gasteiger partial charge in [0.1, 0.15) is 6.73 Å². The van der Waals surface area contributed by atoms with Crippen LogP contribution < -0.4 is 5.32 Å². The Morgan fingerprint density at radius 3 is 2.57 bits per heavy atom. The maximum atomic E-state index is 11.1. The summed E-state index contributed by atoms with van der Waals surface area (Å²) in [6.07, 6.45) is 1.29. The smallest absolute Gasteiger partial charge is 0.328 e. The number of amides is 1. The first-order chi connectivity index (χ1) is 6.37. The molecule has 0 heterocycles. The minimum Gasteiger partial charge on any atom is -0.328 e. The van der Waals surface area contributed by atoms with E-state index < -0.39 is 23.0 Å². The third-order valence-electron chi connectivity index (χ3n) is 1.31. The van der Waals surface area contributed by atoms with E-state index in [4.69, 9.17) is 4.55 Å². The Balaban J connectivity index is 3.81. The fourth-order valence-corrected chi connectivity index (χ4v) is 0.918. The summed E-state index contributed by atoms with van der Waals surface area (Å²) in [5, 5.41) is 2.12. The molecule has 0 aliphatic rings. The van der Waals surface area contributed by atoms with Crippen molar-refractivity contribution in [1.29, 1.82) is 0 Å². The first kappa shape index (κ1) is 13.1. The van der Waals surface area contributed by atoms with E-state index >= 15 is 0 Å². The quantitative estimate of drug-likeness (QED) is 0.382. The lowest BCUT2D eigenvalue weighted by Gasteiger charge is -2.05. The van der Waals surface area contributed by atoms with Gasteiger partial charge in [-0.15, -0.1) is 0 Å². The van der Waals surface area contributed by atoms with Crippen molar-refractivity contribution in [1.82, 2.24) is 5.32 Å². The van der Waals surface area contributed by atoms with Crippen molar-refractivity contribution >= 4 is 16.3 Å². The van der Waals surface area contributed by atoms with Crippen LogP contribution in [0, 0.1) is 0 Å². The summed E-state index contributed by atoms with van der Waals surface area (Å²) in [6.45, 7) is 4.77. The molecule has 14 heavy (non-hydrogen) atoms. The highest BCUT2D eigenvalue weighted by molar-refractivity contribution is 7.80. The number of hydrogen-bond donors (Lipinski definition) is 2. The molecule has 0 bridgehead atoms. The summed E-state index contributed by atoms with van der Waals surface area (Å²) in [7, 11) is -4.50. The van der Waals surface area contributed by atoms with Crippen LogP contribution in [0.3, 0.4) is 0 Å². The first-order valence-corrected chi connectivity index (χ1v) is 5.31. The van der Waals surface area contributed by atoms with Crippen molar-refractivity contribution in [3.8, 4) is 0 Å². The summed E-state index contributed by atoms with van der Waals surface area (Å²) < 4.78 is 32.2. The van der Waals surface area contributed by atoms with Gasteiger partial charge >= 0.3 is 10.4 Å². The molecule has 1 amide bonds. The van der Waals surface area contributed by atoms with E-state index in [1.807, 2.05) is 6.92 Å². The fraction of sp³-hybridized carbons (Fsp3) is 0.571. The van der Waals surface area contributed by atoms with Gasteiger partial charge in [-0.05, 0) is 6.42 Å². The molecule has 0 spiro atoms. The summed E-state index contributed by atoms with van der Waals surface area (Å²) in [6, 6.07) is 0. The third kappa shape index (κ3) is 6.58. The van der Waals surface area contributed by atoms with Gasteiger partial charge in [0.25, 0.3) is 0 Å². The number of hydrogen-bond acceptors (Lipinski definition) is 4. The van der Waals surface area contributed by atoms with Crippen LogP contribution in [0.2, 0.25) is 0 Å². The molecule has 0 rings (SSSR count). The summed E-state index contributed by atoms with van der Waals surface area (Å²) >= 11 is 0. The molecule has 0 saturated heterocycles. The minimum absolute atomic E-state index is 0.339. The number of rotatable bonds is 6. The zero-order chi connectivity index (χ0) is 11.2. The largest absolute Gasteiger partial charge is 0.399 e. The molecule has 0 aromatic rings. The molecular formula is C7H13NO5S. The summed E-state index contributed by atoms with van der Waals surface area (Å²) in [5.41, 5.74) is 0.339. The molecule has 82 valence electrons. The molecule has 0 atom stereocenters. The van der Waals surface area contributed by atoms with Gasteiger partial charge in [0, 0.05) is 5.57 Å². The Hall–Kier alpha value is -0.920. The molecule has 0 fully saturated rings. The summed E-state index contributed by atoms with van der Waals surface area (Å²) in [4.78, 5) is 11.1. The van der Waals surface area contributed by atoms with Crippen LogP contribution in [0.4, 0.5) is 0 Å². The Morgan fingerprint density at radius 2 is 2.14 bits per heavy atom. The molecule has 0 radical (unpaired) electrons. The number of carbonyl (C=O) groups excluding carboxylic acids is 1. The van der Waals surface area contributed by atoms with Gasteiger partial charge in [0.15, 0.2) is 0 Å². The highest BCUT2D eigenvalue weighted by Gasteiger charge is 2.08. The Bertz CT molecular complexity index is 308. The second-order valence-electron chi connectivity index (χ2n) is 2.55. The molecule has 0 aromatic heterocycles. The van der Waals surface area contributed by atoms with E-state index in [1.54, 1.807) is 0 Å². The predicted octanol–water partition coefficient (Wildman–Crippen LogP) is 0.236. The molecule has 0 unspecified atom stereocenters. The maximum absolute atomic E-state index is 11.1. The van der Waals surface area contributed by atoms with Crippen LogP contribution in [-0.4, -0.2) is 25.6 Å². The lowest BCUT2D eigenvalue weighted by Crippen LogP contribution is -2.28. The zero-order valence-corrected chi connectivity index (χ0v) is 8.63. The van der Waals surface area contributed by atoms with Crippen LogP contribution >= 0.6 is 0 Å². The molecule has 0 aliphatic heterocycles. The molecule has 0 aromatic carbocycles. The topological polar surface area (TPSA) is 92.7 Å². The standard InChI is InChI=1S/C7H13NO5S/c1-3-4-6(2)7(9)8-5-13-14(10,11)12/h2-5H2,1H3,(H,8,9)(H,10,11,12). The second kappa shape index (κ2) is 5.74. The van der Waals surface area contributed by atoms with Gasteiger partial charge in [-0.25, -0.2) is 4.18 Å². The monoisotopic (exact) mass is 223 g/mol. The van der Waals surface area contributed by atoms with Gasteiger partial charge in [-0.1, -0.05) is 19.9 Å². The van der Waals surface area contributed by atoms with E-state index in [0.29, 0.717) is 12.0 Å². The SMILES string of the molecule is C=C(CCC)C(=O)NCOS(=O)(=O)O. The van der Waals surface area contributed by atoms with Gasteiger partial charge < -0.3 is 5.32 Å². The van der Waals surface area contributed by atoms with Crippen molar-refractivity contribution in [2.45, 2.75) is 19.8 Å². The maximum Gasteiger partial charge on any atom is 0.399 e. The average Bonchev–Trinajstić information content (AvgIpc) is 2.02. The van der Waals surface area contributed by atoms with Crippen LogP contribution in [0.5, 0.6) is 0 Å². The van der Waals surface area contributed by atoms with Crippen molar-refractivity contribution in [3.05, 3.63) is 12.2 Å². The molecule has 7 heteroatoms. The van der Waals surface area contributed by atoms with Crippen molar-refractivity contribution in [2.24, 2.45) is 0 Å². The third-order valence-corrected chi connectivity index (χ3v) is 1.73. The first-order valence-electron chi connectivity index (χ1n) is 3.94. The van der Waals surface area contributed by atoms with E-state index in [0.717, 1.165) is 6.42 Å². The molecule has 0 aliphatic carbocycles. The molecular weight excluding hydrogens is 210 g/mol. The van der Waals surface area contributed by atoms with Crippen LogP contribution in [0.25, 0.3) is 0 Å². The lowest BCUT2D eigenvalue weighted by atomic mass is 10.2. The van der Waals surface area contributed by atoms with Crippen LogP contribution in [0.1, 0.15) is 19.8 Å². The zero-order valence-electron chi connectivity index (χ0n) is 7.82. The van der Waals surface area contributed by atoms with Gasteiger partial charge in [-0.2, -0.15) is 8.42 Å². The minimum atomic E-state index is -4.50. The lowest BCUT2D eigenvalue weighted by molar-refractivity contribution is -0.118. The van der Waals surface area contributed by atoms with Crippen LogP contribution in [-0.2, 0) is 19.4 Å². The average molecular weight is 223 g/mol. The second-order valence-corrected chi connectivity index (χ2v) is 3.64. The van der Waals surface area contributed by atoms with E-state index in [2.05, 4.69) is 16.1 Å². The van der Waals surface area contributed by atoms with Crippen LogP contribution in [0.15, 0.2) is 12.2 Å². The Kier molecular flexibility index (Phi) is 5.36. The normalized spacial score (nSPS) is 11.0. The predicted molar refractivity (Wildman–Crippen MR) is 49.7 cm³/mol. The van der Waals surface area contributed by atoms with E-state index in [1.165, 1.54) is 0 Å². The van der Waals surface area contributed by atoms with Crippen molar-refractivity contribution in [3.63, 3.8) is 0 Å². The van der Waals surface area contributed by atoms with E-state index in [9.17, 15) is 13.2 Å². The van der Waals surface area contributed by atoms with Crippen molar-refractivity contribution < 1.29 is 21.9 Å². The van der Waals surface area contributed by atoms with Gasteiger partial charge in [0.2, 0.25) is 5.91 Å². The van der Waals surface area contributed by atoms with Crippen molar-refractivity contribution in [2.75, 3.05) is 6.73 Å². The number of nitrogens with one attached hydrogen (secondary N) is 1. The molecule has 6 nitrogen and oxygen atoms in total.